The molecule has 1 atom stereocenters. The van der Waals surface area contributed by atoms with Crippen LogP contribution in [0.2, 0.25) is 0 Å². The number of carbonyl (C=O) groups is 3. The lowest BCUT2D eigenvalue weighted by atomic mass is 10.0. The van der Waals surface area contributed by atoms with E-state index in [0.717, 1.165) is 103 Å². The standard InChI is InChI=1S/C50H86O6/c1-4-7-10-13-16-19-21-23-25-27-28-31-34-37-40-43-49(52)55-46-47(45-54-48(51)42-39-36-33-30-18-15-12-9-6-3)56-50(53)44-41-38-35-32-29-26-24-22-20-17-14-11-8-5-2/h8-9,11-12,17-18,20,24,26,30,47H,4-7,10,13-16,19,21-23,25,27-29,31-46H2,1-3H3/b11-8-,12-9-,20-17-,26-24-,30-18-. The van der Waals surface area contributed by atoms with E-state index < -0.39 is 6.10 Å². The maximum atomic E-state index is 12.7. The van der Waals surface area contributed by atoms with Gasteiger partial charge in [-0.3, -0.25) is 14.4 Å². The Bertz CT molecular complexity index is 1040. The fourth-order valence-electron chi connectivity index (χ4n) is 6.32. The van der Waals surface area contributed by atoms with Gasteiger partial charge in [0.2, 0.25) is 0 Å². The lowest BCUT2D eigenvalue weighted by molar-refractivity contribution is -0.167. The SMILES string of the molecule is CC/C=C\C/C=C\C/C=C\CCCCCCC(=O)OC(COC(=O)CCCC/C=C\C/C=C\CC)COC(=O)CCCCCCCCCCCCCCCCC. The third kappa shape index (κ3) is 42.3. The van der Waals surface area contributed by atoms with Gasteiger partial charge >= 0.3 is 17.9 Å². The van der Waals surface area contributed by atoms with Crippen molar-refractivity contribution in [2.45, 2.75) is 226 Å². The van der Waals surface area contributed by atoms with Crippen LogP contribution in [0.5, 0.6) is 0 Å². The summed E-state index contributed by atoms with van der Waals surface area (Å²) in [5.41, 5.74) is 0. The molecule has 0 bridgehead atoms. The fourth-order valence-corrected chi connectivity index (χ4v) is 6.32. The summed E-state index contributed by atoms with van der Waals surface area (Å²) in [7, 11) is 0. The Kier molecular flexibility index (Phi) is 42.5. The molecule has 0 aromatic rings. The molecule has 0 aliphatic carbocycles. The van der Waals surface area contributed by atoms with Crippen LogP contribution in [-0.2, 0) is 28.6 Å². The van der Waals surface area contributed by atoms with Crippen molar-refractivity contribution in [1.29, 1.82) is 0 Å². The summed E-state index contributed by atoms with van der Waals surface area (Å²) in [5.74, 6) is -0.954. The molecule has 6 nitrogen and oxygen atoms in total. The summed E-state index contributed by atoms with van der Waals surface area (Å²) in [4.78, 5) is 37.7. The zero-order valence-corrected chi connectivity index (χ0v) is 36.6. The average molecular weight is 783 g/mol. The molecule has 0 N–H and O–H groups in total. The summed E-state index contributed by atoms with van der Waals surface area (Å²) in [6.45, 7) is 6.34. The van der Waals surface area contributed by atoms with E-state index in [1.54, 1.807) is 0 Å². The van der Waals surface area contributed by atoms with Crippen LogP contribution in [0.4, 0.5) is 0 Å². The van der Waals surface area contributed by atoms with E-state index in [4.69, 9.17) is 14.2 Å². The highest BCUT2D eigenvalue weighted by molar-refractivity contribution is 5.71. The van der Waals surface area contributed by atoms with E-state index in [1.165, 1.54) is 77.0 Å². The van der Waals surface area contributed by atoms with E-state index in [0.29, 0.717) is 19.3 Å². The molecular formula is C50H86O6. The summed E-state index contributed by atoms with van der Waals surface area (Å²) in [6, 6.07) is 0. The molecule has 0 saturated carbocycles. The first-order valence-corrected chi connectivity index (χ1v) is 23.3. The minimum absolute atomic E-state index is 0.0924. The first-order chi connectivity index (χ1) is 27.5. The van der Waals surface area contributed by atoms with Crippen LogP contribution in [-0.4, -0.2) is 37.2 Å². The molecule has 0 aliphatic rings. The third-order valence-corrected chi connectivity index (χ3v) is 9.77. The first-order valence-electron chi connectivity index (χ1n) is 23.3. The van der Waals surface area contributed by atoms with Gasteiger partial charge in [0.1, 0.15) is 13.2 Å². The number of ether oxygens (including phenoxy) is 3. The number of allylic oxidation sites excluding steroid dienone is 10. The van der Waals surface area contributed by atoms with Crippen molar-refractivity contribution in [2.24, 2.45) is 0 Å². The smallest absolute Gasteiger partial charge is 0.306 e. The quantitative estimate of drug-likeness (QED) is 0.0266. The lowest BCUT2D eigenvalue weighted by Gasteiger charge is -2.18. The van der Waals surface area contributed by atoms with Crippen LogP contribution in [0.3, 0.4) is 0 Å². The number of carbonyl (C=O) groups excluding carboxylic acids is 3. The number of hydrogen-bond acceptors (Lipinski definition) is 6. The molecule has 0 amide bonds. The molecule has 0 rings (SSSR count). The predicted octanol–water partition coefficient (Wildman–Crippen LogP) is 14.9. The van der Waals surface area contributed by atoms with Crippen LogP contribution in [0.25, 0.3) is 0 Å². The molecule has 6 heteroatoms. The summed E-state index contributed by atoms with van der Waals surface area (Å²) in [6.07, 6.45) is 53.6. The molecule has 56 heavy (non-hydrogen) atoms. The van der Waals surface area contributed by atoms with Crippen molar-refractivity contribution in [3.8, 4) is 0 Å². The topological polar surface area (TPSA) is 78.9 Å². The van der Waals surface area contributed by atoms with Gasteiger partial charge in [-0.25, -0.2) is 0 Å². The second kappa shape index (κ2) is 44.8. The molecule has 0 aliphatic heterocycles. The second-order valence-corrected chi connectivity index (χ2v) is 15.3. The summed E-state index contributed by atoms with van der Waals surface area (Å²) < 4.78 is 16.7. The van der Waals surface area contributed by atoms with Gasteiger partial charge in [-0.2, -0.15) is 0 Å². The molecule has 0 heterocycles. The Labute approximate surface area is 345 Å². The van der Waals surface area contributed by atoms with Crippen LogP contribution in [0.1, 0.15) is 220 Å². The zero-order chi connectivity index (χ0) is 40.8. The molecule has 0 aromatic heterocycles. The van der Waals surface area contributed by atoms with E-state index in [-0.39, 0.29) is 31.1 Å². The Balaban J connectivity index is 4.39. The van der Waals surface area contributed by atoms with Crippen LogP contribution in [0.15, 0.2) is 60.8 Å². The summed E-state index contributed by atoms with van der Waals surface area (Å²) in [5, 5.41) is 0. The van der Waals surface area contributed by atoms with Crippen molar-refractivity contribution in [3.63, 3.8) is 0 Å². The molecule has 322 valence electrons. The maximum absolute atomic E-state index is 12.7. The van der Waals surface area contributed by atoms with Gasteiger partial charge in [-0.1, -0.05) is 184 Å². The van der Waals surface area contributed by atoms with Crippen molar-refractivity contribution in [1.82, 2.24) is 0 Å². The Hall–Kier alpha value is -2.89. The van der Waals surface area contributed by atoms with E-state index >= 15 is 0 Å². The number of esters is 3. The number of rotatable bonds is 41. The van der Waals surface area contributed by atoms with Gasteiger partial charge in [0, 0.05) is 19.3 Å². The van der Waals surface area contributed by atoms with Crippen LogP contribution in [0, 0.1) is 0 Å². The Morgan fingerprint density at radius 1 is 0.375 bits per heavy atom. The minimum atomic E-state index is -0.794. The van der Waals surface area contributed by atoms with Gasteiger partial charge in [-0.15, -0.1) is 0 Å². The molecule has 0 radical (unpaired) electrons. The zero-order valence-electron chi connectivity index (χ0n) is 36.6. The highest BCUT2D eigenvalue weighted by Crippen LogP contribution is 2.15. The van der Waals surface area contributed by atoms with Crippen molar-refractivity contribution >= 4 is 17.9 Å². The molecular weight excluding hydrogens is 697 g/mol. The highest BCUT2D eigenvalue weighted by Gasteiger charge is 2.19. The Morgan fingerprint density at radius 2 is 0.696 bits per heavy atom. The van der Waals surface area contributed by atoms with E-state index in [1.807, 2.05) is 0 Å². The number of unbranched alkanes of at least 4 members (excludes halogenated alkanes) is 20. The molecule has 1 unspecified atom stereocenters. The highest BCUT2D eigenvalue weighted by atomic mass is 16.6. The monoisotopic (exact) mass is 783 g/mol. The van der Waals surface area contributed by atoms with Crippen molar-refractivity contribution < 1.29 is 28.6 Å². The van der Waals surface area contributed by atoms with E-state index in [9.17, 15) is 14.4 Å². The van der Waals surface area contributed by atoms with Crippen molar-refractivity contribution in [2.75, 3.05) is 13.2 Å². The van der Waals surface area contributed by atoms with Gasteiger partial charge in [0.25, 0.3) is 0 Å². The average Bonchev–Trinajstić information content (AvgIpc) is 3.19. The minimum Gasteiger partial charge on any atom is -0.462 e. The lowest BCUT2D eigenvalue weighted by Crippen LogP contribution is -2.30. The van der Waals surface area contributed by atoms with Crippen LogP contribution < -0.4 is 0 Å². The third-order valence-electron chi connectivity index (χ3n) is 9.77. The van der Waals surface area contributed by atoms with Gasteiger partial charge in [0.15, 0.2) is 6.10 Å². The van der Waals surface area contributed by atoms with Gasteiger partial charge in [0.05, 0.1) is 0 Å². The van der Waals surface area contributed by atoms with Gasteiger partial charge in [-0.05, 0) is 77.0 Å². The van der Waals surface area contributed by atoms with Crippen LogP contribution >= 0.6 is 0 Å². The Morgan fingerprint density at radius 3 is 1.12 bits per heavy atom. The molecule has 0 fully saturated rings. The molecule has 0 spiro atoms. The van der Waals surface area contributed by atoms with E-state index in [2.05, 4.69) is 81.5 Å². The molecule has 0 saturated heterocycles. The fraction of sp³-hybridized carbons (Fsp3) is 0.740. The largest absolute Gasteiger partial charge is 0.462 e. The molecule has 0 aromatic carbocycles. The normalized spacial score (nSPS) is 12.6. The predicted molar refractivity (Wildman–Crippen MR) is 238 cm³/mol. The maximum Gasteiger partial charge on any atom is 0.306 e. The van der Waals surface area contributed by atoms with Crippen molar-refractivity contribution in [3.05, 3.63) is 60.8 Å². The number of hydrogen-bond donors (Lipinski definition) is 0. The second-order valence-electron chi connectivity index (χ2n) is 15.3. The summed E-state index contributed by atoms with van der Waals surface area (Å²) >= 11 is 0. The first kappa shape index (κ1) is 53.1. The van der Waals surface area contributed by atoms with Gasteiger partial charge < -0.3 is 14.2 Å².